The molecule has 0 aliphatic carbocycles. The zero-order valence-corrected chi connectivity index (χ0v) is 19.9. The molecule has 0 aliphatic heterocycles. The summed E-state index contributed by atoms with van der Waals surface area (Å²) >= 11 is 0. The molecule has 0 aromatic heterocycles. The number of ether oxygens (including phenoxy) is 1. The zero-order chi connectivity index (χ0) is 21.3. The molecule has 0 bridgehead atoms. The molecule has 2 heteroatoms. The van der Waals surface area contributed by atoms with Gasteiger partial charge in [-0.05, 0) is 6.42 Å². The minimum Gasteiger partial charge on any atom is -0.463 e. The van der Waals surface area contributed by atoms with Gasteiger partial charge in [0, 0.05) is 6.08 Å². The van der Waals surface area contributed by atoms with Gasteiger partial charge in [0.1, 0.15) is 0 Å². The van der Waals surface area contributed by atoms with Crippen LogP contribution in [0.2, 0.25) is 0 Å². The lowest BCUT2D eigenvalue weighted by atomic mass is 10.0. The van der Waals surface area contributed by atoms with Crippen LogP contribution in [-0.4, -0.2) is 12.6 Å². The molecule has 0 spiro atoms. The van der Waals surface area contributed by atoms with Crippen molar-refractivity contribution >= 4 is 5.97 Å². The largest absolute Gasteiger partial charge is 0.463 e. The molecule has 0 aromatic carbocycles. The molecular formula is C27H52O2. The molecule has 2 nitrogen and oxygen atoms in total. The number of carbonyl (C=O) groups excluding carboxylic acids is 1. The van der Waals surface area contributed by atoms with Gasteiger partial charge >= 0.3 is 5.97 Å². The Bertz CT molecular complexity index is 337. The van der Waals surface area contributed by atoms with Crippen LogP contribution in [0.4, 0.5) is 0 Å². The summed E-state index contributed by atoms with van der Waals surface area (Å²) in [6, 6.07) is 0. The van der Waals surface area contributed by atoms with E-state index in [9.17, 15) is 4.79 Å². The van der Waals surface area contributed by atoms with Crippen LogP contribution >= 0.6 is 0 Å². The molecule has 0 fully saturated rings. The first-order chi connectivity index (χ1) is 14.3. The molecule has 29 heavy (non-hydrogen) atoms. The van der Waals surface area contributed by atoms with Crippen molar-refractivity contribution in [3.05, 3.63) is 12.7 Å². The third-order valence-electron chi connectivity index (χ3n) is 5.91. The second-order valence-corrected chi connectivity index (χ2v) is 8.80. The van der Waals surface area contributed by atoms with Gasteiger partial charge in [-0.15, -0.1) is 0 Å². The van der Waals surface area contributed by atoms with Crippen LogP contribution in [0, 0.1) is 0 Å². The Morgan fingerprint density at radius 1 is 0.552 bits per heavy atom. The number of carbonyl (C=O) groups is 1. The van der Waals surface area contributed by atoms with Gasteiger partial charge in [-0.1, -0.05) is 148 Å². The summed E-state index contributed by atoms with van der Waals surface area (Å²) < 4.78 is 4.98. The second-order valence-electron chi connectivity index (χ2n) is 8.80. The van der Waals surface area contributed by atoms with Crippen molar-refractivity contribution in [3.63, 3.8) is 0 Å². The van der Waals surface area contributed by atoms with Gasteiger partial charge in [0.25, 0.3) is 0 Å². The summed E-state index contributed by atoms with van der Waals surface area (Å²) in [4.78, 5) is 10.9. The Labute approximate surface area is 183 Å². The molecule has 0 N–H and O–H groups in total. The van der Waals surface area contributed by atoms with Gasteiger partial charge < -0.3 is 4.74 Å². The summed E-state index contributed by atoms with van der Waals surface area (Å²) in [7, 11) is 0. The van der Waals surface area contributed by atoms with E-state index in [0.717, 1.165) is 6.42 Å². The Morgan fingerprint density at radius 2 is 0.828 bits per heavy atom. The molecule has 0 amide bonds. The molecular weight excluding hydrogens is 356 g/mol. The van der Waals surface area contributed by atoms with Crippen molar-refractivity contribution in [2.75, 3.05) is 6.61 Å². The smallest absolute Gasteiger partial charge is 0.330 e. The van der Waals surface area contributed by atoms with Crippen LogP contribution in [0.3, 0.4) is 0 Å². The molecule has 0 atom stereocenters. The van der Waals surface area contributed by atoms with Gasteiger partial charge in [-0.2, -0.15) is 0 Å². The van der Waals surface area contributed by atoms with Crippen LogP contribution in [0.15, 0.2) is 12.7 Å². The van der Waals surface area contributed by atoms with E-state index < -0.39 is 0 Å². The van der Waals surface area contributed by atoms with E-state index in [1.165, 1.54) is 141 Å². The first-order valence-corrected chi connectivity index (χ1v) is 13.1. The van der Waals surface area contributed by atoms with Crippen LogP contribution < -0.4 is 0 Å². The van der Waals surface area contributed by atoms with Gasteiger partial charge in [-0.3, -0.25) is 0 Å². The van der Waals surface area contributed by atoms with E-state index in [-0.39, 0.29) is 5.97 Å². The first-order valence-electron chi connectivity index (χ1n) is 13.1. The summed E-state index contributed by atoms with van der Waals surface area (Å²) in [6.45, 7) is 6.23. The highest BCUT2D eigenvalue weighted by molar-refractivity contribution is 5.81. The summed E-state index contributed by atoms with van der Waals surface area (Å²) in [6.07, 6.45) is 31.9. The quantitative estimate of drug-likeness (QED) is 0.0903. The molecule has 0 aliphatic rings. The number of unbranched alkanes of at least 4 members (excludes halogenated alkanes) is 21. The monoisotopic (exact) mass is 408 g/mol. The van der Waals surface area contributed by atoms with Crippen molar-refractivity contribution in [1.29, 1.82) is 0 Å². The van der Waals surface area contributed by atoms with Gasteiger partial charge in [0.05, 0.1) is 6.61 Å². The summed E-state index contributed by atoms with van der Waals surface area (Å²) in [5, 5.41) is 0. The molecule has 0 unspecified atom stereocenters. The molecule has 0 radical (unpaired) electrons. The van der Waals surface area contributed by atoms with Crippen molar-refractivity contribution in [3.8, 4) is 0 Å². The van der Waals surface area contributed by atoms with Crippen LogP contribution in [0.25, 0.3) is 0 Å². The van der Waals surface area contributed by atoms with Crippen molar-refractivity contribution in [2.45, 2.75) is 148 Å². The minimum absolute atomic E-state index is 0.298. The maximum atomic E-state index is 10.9. The van der Waals surface area contributed by atoms with Crippen molar-refractivity contribution < 1.29 is 9.53 Å². The fraction of sp³-hybridized carbons (Fsp3) is 0.889. The second kappa shape index (κ2) is 25.2. The molecule has 0 heterocycles. The summed E-state index contributed by atoms with van der Waals surface area (Å²) in [5.74, 6) is -0.298. The predicted molar refractivity (Wildman–Crippen MR) is 128 cm³/mol. The Kier molecular flexibility index (Phi) is 24.6. The number of hydrogen-bond donors (Lipinski definition) is 0. The Hall–Kier alpha value is -0.790. The molecule has 0 rings (SSSR count). The third-order valence-corrected chi connectivity index (χ3v) is 5.91. The average Bonchev–Trinajstić information content (AvgIpc) is 2.74. The maximum absolute atomic E-state index is 10.9. The van der Waals surface area contributed by atoms with Gasteiger partial charge in [-0.25, -0.2) is 4.79 Å². The van der Waals surface area contributed by atoms with Crippen LogP contribution in [-0.2, 0) is 9.53 Å². The van der Waals surface area contributed by atoms with E-state index in [1.807, 2.05) is 0 Å². The van der Waals surface area contributed by atoms with E-state index >= 15 is 0 Å². The number of esters is 1. The zero-order valence-electron chi connectivity index (χ0n) is 19.9. The lowest BCUT2D eigenvalue weighted by Crippen LogP contribution is -2.01. The van der Waals surface area contributed by atoms with Crippen molar-refractivity contribution in [2.24, 2.45) is 0 Å². The lowest BCUT2D eigenvalue weighted by Gasteiger charge is -2.04. The molecule has 172 valence electrons. The van der Waals surface area contributed by atoms with Gasteiger partial charge in [0.2, 0.25) is 0 Å². The normalized spacial score (nSPS) is 10.9. The van der Waals surface area contributed by atoms with E-state index in [1.54, 1.807) is 0 Å². The molecule has 0 aromatic rings. The predicted octanol–water partition coefficient (Wildman–Crippen LogP) is 9.32. The highest BCUT2D eigenvalue weighted by Crippen LogP contribution is 2.15. The molecule has 0 saturated carbocycles. The maximum Gasteiger partial charge on any atom is 0.330 e. The van der Waals surface area contributed by atoms with Crippen LogP contribution in [0.1, 0.15) is 148 Å². The fourth-order valence-corrected chi connectivity index (χ4v) is 3.94. The Balaban J connectivity index is 3.01. The molecule has 0 saturated heterocycles. The topological polar surface area (TPSA) is 26.3 Å². The Morgan fingerprint density at radius 3 is 1.10 bits per heavy atom. The number of hydrogen-bond acceptors (Lipinski definition) is 2. The number of rotatable bonds is 24. The van der Waals surface area contributed by atoms with E-state index in [4.69, 9.17) is 4.74 Å². The lowest BCUT2D eigenvalue weighted by molar-refractivity contribution is -0.137. The standard InChI is InChI=1S/C27H52O2/c1-3-5-6-7-8-9-10-11-12-13-14-15-16-17-18-19-20-21-22-23-24-25-26-29-27(28)4-2/h4H,2-3,5-26H2,1H3. The average molecular weight is 409 g/mol. The third kappa shape index (κ3) is 25.2. The van der Waals surface area contributed by atoms with E-state index in [0.29, 0.717) is 6.61 Å². The van der Waals surface area contributed by atoms with Crippen LogP contribution in [0.5, 0.6) is 0 Å². The highest BCUT2D eigenvalue weighted by atomic mass is 16.5. The van der Waals surface area contributed by atoms with Crippen molar-refractivity contribution in [1.82, 2.24) is 0 Å². The first kappa shape index (κ1) is 28.2. The SMILES string of the molecule is C=CC(=O)OCCCCCCCCCCCCCCCCCCCCCCCC. The highest BCUT2D eigenvalue weighted by Gasteiger charge is 1.97. The fourth-order valence-electron chi connectivity index (χ4n) is 3.94. The van der Waals surface area contributed by atoms with Gasteiger partial charge in [0.15, 0.2) is 0 Å². The minimum atomic E-state index is -0.298. The van der Waals surface area contributed by atoms with E-state index in [2.05, 4.69) is 13.5 Å². The summed E-state index contributed by atoms with van der Waals surface area (Å²) in [5.41, 5.74) is 0.